The Hall–Kier alpha value is -2.37. The van der Waals surface area contributed by atoms with Crippen LogP contribution in [-0.2, 0) is 16.1 Å². The number of nitrogens with zero attached hydrogens (tertiary/aromatic N) is 2. The molecule has 0 saturated heterocycles. The summed E-state index contributed by atoms with van der Waals surface area (Å²) in [6.45, 7) is 3.63. The van der Waals surface area contributed by atoms with E-state index < -0.39 is 0 Å². The summed E-state index contributed by atoms with van der Waals surface area (Å²) in [5.41, 5.74) is 3.42. The van der Waals surface area contributed by atoms with E-state index in [2.05, 4.69) is 34.1 Å². The molecule has 5 heteroatoms. The number of hydrogen-bond acceptors (Lipinski definition) is 5. The summed E-state index contributed by atoms with van der Waals surface area (Å²) in [4.78, 5) is 17.6. The highest BCUT2D eigenvalue weighted by Crippen LogP contribution is 2.38. The largest absolute Gasteiger partial charge is 0.468 e. The van der Waals surface area contributed by atoms with Crippen LogP contribution in [-0.4, -0.2) is 49.1 Å². The molecular weight excluding hydrogens is 340 g/mol. The fourth-order valence-corrected chi connectivity index (χ4v) is 4.13. The molecule has 0 radical (unpaired) electrons. The van der Waals surface area contributed by atoms with Crippen LogP contribution < -0.4 is 0 Å². The van der Waals surface area contributed by atoms with Crippen LogP contribution in [0.2, 0.25) is 0 Å². The number of furan rings is 1. The Labute approximate surface area is 160 Å². The average molecular weight is 366 g/mol. The van der Waals surface area contributed by atoms with Crippen molar-refractivity contribution in [3.8, 4) is 0 Å². The first-order valence-corrected chi connectivity index (χ1v) is 9.53. The zero-order valence-electron chi connectivity index (χ0n) is 15.8. The van der Waals surface area contributed by atoms with Crippen molar-refractivity contribution in [3.05, 3.63) is 71.3 Å². The zero-order chi connectivity index (χ0) is 18.6. The molecule has 1 atom stereocenters. The molecule has 0 spiro atoms. The molecule has 1 aliphatic heterocycles. The lowest BCUT2D eigenvalue weighted by Crippen LogP contribution is -2.47. The predicted molar refractivity (Wildman–Crippen MR) is 103 cm³/mol. The molecule has 0 unspecified atom stereocenters. The number of carbonyl (C=O) groups excluding carboxylic acids is 1. The topological polar surface area (TPSA) is 45.9 Å². The Morgan fingerprint density at radius 3 is 2.74 bits per heavy atom. The molecule has 2 heterocycles. The van der Waals surface area contributed by atoms with Gasteiger partial charge in [0.15, 0.2) is 5.78 Å². The third-order valence-corrected chi connectivity index (χ3v) is 5.49. The van der Waals surface area contributed by atoms with Gasteiger partial charge < -0.3 is 14.1 Å². The summed E-state index contributed by atoms with van der Waals surface area (Å²) in [5.74, 6) is 1.46. The van der Waals surface area contributed by atoms with Crippen molar-refractivity contribution >= 4 is 5.78 Å². The Morgan fingerprint density at radius 1 is 1.15 bits per heavy atom. The van der Waals surface area contributed by atoms with Crippen molar-refractivity contribution in [2.75, 3.05) is 33.5 Å². The number of ketones is 1. The first kappa shape index (κ1) is 18.0. The fourth-order valence-electron chi connectivity index (χ4n) is 4.13. The summed E-state index contributed by atoms with van der Waals surface area (Å²) in [6.07, 6.45) is 3.21. The van der Waals surface area contributed by atoms with Gasteiger partial charge in [0.2, 0.25) is 0 Å². The minimum Gasteiger partial charge on any atom is -0.468 e. The molecule has 4 rings (SSSR count). The van der Waals surface area contributed by atoms with E-state index in [9.17, 15) is 4.79 Å². The molecular formula is C22H26N2O3. The molecule has 0 fully saturated rings. The maximum Gasteiger partial charge on any atom is 0.162 e. The van der Waals surface area contributed by atoms with Gasteiger partial charge in [-0.1, -0.05) is 30.3 Å². The maximum atomic E-state index is 13.0. The molecule has 2 aromatic rings. The molecule has 1 aromatic carbocycles. The maximum absolute atomic E-state index is 13.0. The molecule has 1 aliphatic carbocycles. The summed E-state index contributed by atoms with van der Waals surface area (Å²) in [6, 6.07) is 14.3. The summed E-state index contributed by atoms with van der Waals surface area (Å²) < 4.78 is 10.8. The van der Waals surface area contributed by atoms with E-state index in [0.717, 1.165) is 31.0 Å². The van der Waals surface area contributed by atoms with Gasteiger partial charge in [0.05, 0.1) is 26.1 Å². The summed E-state index contributed by atoms with van der Waals surface area (Å²) in [5, 5.41) is 0. The highest BCUT2D eigenvalue weighted by molar-refractivity contribution is 5.98. The highest BCUT2D eigenvalue weighted by atomic mass is 16.5. The quantitative estimate of drug-likeness (QED) is 0.784. The number of Topliss-reactive ketones (excluding diaryl/α,β-unsaturated/α-hetero) is 1. The lowest BCUT2D eigenvalue weighted by Gasteiger charge is -2.43. The number of hydrogen-bond donors (Lipinski definition) is 0. The van der Waals surface area contributed by atoms with Crippen molar-refractivity contribution in [1.29, 1.82) is 0 Å². The van der Waals surface area contributed by atoms with Crippen LogP contribution in [0.4, 0.5) is 0 Å². The Bertz CT molecular complexity index is 798. The van der Waals surface area contributed by atoms with Crippen LogP contribution in [0.1, 0.15) is 30.1 Å². The van der Waals surface area contributed by atoms with E-state index in [1.165, 1.54) is 11.3 Å². The first-order valence-electron chi connectivity index (χ1n) is 9.53. The number of rotatable bonds is 6. The van der Waals surface area contributed by atoms with E-state index in [1.807, 2.05) is 18.2 Å². The molecule has 0 bridgehead atoms. The van der Waals surface area contributed by atoms with Crippen LogP contribution in [0.5, 0.6) is 0 Å². The molecule has 0 amide bonds. The second-order valence-corrected chi connectivity index (χ2v) is 7.33. The number of carbonyl (C=O) groups is 1. The van der Waals surface area contributed by atoms with E-state index in [0.29, 0.717) is 26.1 Å². The van der Waals surface area contributed by atoms with Crippen molar-refractivity contribution in [2.24, 2.45) is 0 Å². The SMILES string of the molecule is COCCN1CN(Cc2ccco2)CC2=C1C[C@@H](c1ccccc1)CC2=O. The molecule has 1 aromatic heterocycles. The lowest BCUT2D eigenvalue weighted by molar-refractivity contribution is -0.117. The van der Waals surface area contributed by atoms with E-state index in [1.54, 1.807) is 13.4 Å². The van der Waals surface area contributed by atoms with Gasteiger partial charge in [-0.05, 0) is 30.0 Å². The van der Waals surface area contributed by atoms with Crippen molar-refractivity contribution in [2.45, 2.75) is 25.3 Å². The van der Waals surface area contributed by atoms with Gasteiger partial charge in [-0.25, -0.2) is 0 Å². The second-order valence-electron chi connectivity index (χ2n) is 7.33. The smallest absolute Gasteiger partial charge is 0.162 e. The minimum absolute atomic E-state index is 0.263. The first-order chi connectivity index (χ1) is 13.2. The van der Waals surface area contributed by atoms with Gasteiger partial charge in [-0.15, -0.1) is 0 Å². The fraction of sp³-hybridized carbons (Fsp3) is 0.409. The Morgan fingerprint density at radius 2 is 2.00 bits per heavy atom. The van der Waals surface area contributed by atoms with Gasteiger partial charge in [0.1, 0.15) is 5.76 Å². The van der Waals surface area contributed by atoms with Crippen molar-refractivity contribution in [3.63, 3.8) is 0 Å². The number of benzene rings is 1. The average Bonchev–Trinajstić information content (AvgIpc) is 3.20. The third kappa shape index (κ3) is 3.99. The van der Waals surface area contributed by atoms with Gasteiger partial charge in [0.25, 0.3) is 0 Å². The van der Waals surface area contributed by atoms with Crippen LogP contribution >= 0.6 is 0 Å². The summed E-state index contributed by atoms with van der Waals surface area (Å²) >= 11 is 0. The van der Waals surface area contributed by atoms with Gasteiger partial charge in [-0.2, -0.15) is 0 Å². The summed E-state index contributed by atoms with van der Waals surface area (Å²) in [7, 11) is 1.72. The zero-order valence-corrected chi connectivity index (χ0v) is 15.8. The van der Waals surface area contributed by atoms with Crippen LogP contribution in [0.15, 0.2) is 64.4 Å². The predicted octanol–water partition coefficient (Wildman–Crippen LogP) is 3.40. The molecule has 5 nitrogen and oxygen atoms in total. The highest BCUT2D eigenvalue weighted by Gasteiger charge is 2.35. The number of allylic oxidation sites excluding steroid dienone is 1. The monoisotopic (exact) mass is 366 g/mol. The number of ether oxygens (including phenoxy) is 1. The second kappa shape index (κ2) is 8.11. The Kier molecular flexibility index (Phi) is 5.41. The molecule has 2 aliphatic rings. The lowest BCUT2D eigenvalue weighted by atomic mass is 9.80. The molecule has 0 saturated carbocycles. The van der Waals surface area contributed by atoms with Gasteiger partial charge in [0, 0.05) is 37.9 Å². The van der Waals surface area contributed by atoms with E-state index >= 15 is 0 Å². The van der Waals surface area contributed by atoms with Crippen molar-refractivity contribution in [1.82, 2.24) is 9.80 Å². The third-order valence-electron chi connectivity index (χ3n) is 5.49. The minimum atomic E-state index is 0.263. The molecule has 27 heavy (non-hydrogen) atoms. The van der Waals surface area contributed by atoms with E-state index in [-0.39, 0.29) is 11.7 Å². The van der Waals surface area contributed by atoms with Crippen molar-refractivity contribution < 1.29 is 13.9 Å². The van der Waals surface area contributed by atoms with Crippen LogP contribution in [0, 0.1) is 0 Å². The van der Waals surface area contributed by atoms with E-state index in [4.69, 9.17) is 9.15 Å². The van der Waals surface area contributed by atoms with Crippen LogP contribution in [0.3, 0.4) is 0 Å². The molecule has 0 N–H and O–H groups in total. The van der Waals surface area contributed by atoms with Gasteiger partial charge in [-0.3, -0.25) is 9.69 Å². The Balaban J connectivity index is 1.58. The normalized spacial score (nSPS) is 20.9. The standard InChI is InChI=1S/C22H26N2O3/c1-26-11-9-24-16-23(14-19-8-5-10-27-19)15-20-21(24)12-18(13-22(20)25)17-6-3-2-4-7-17/h2-8,10,18H,9,11-16H2,1H3/t18-/m1/s1. The molecule has 142 valence electrons. The van der Waals surface area contributed by atoms with Gasteiger partial charge >= 0.3 is 0 Å². The number of methoxy groups -OCH3 is 1. The van der Waals surface area contributed by atoms with Crippen LogP contribution in [0.25, 0.3) is 0 Å².